The van der Waals surface area contributed by atoms with Gasteiger partial charge < -0.3 is 0 Å². The predicted molar refractivity (Wildman–Crippen MR) is 60.3 cm³/mol. The first kappa shape index (κ1) is 9.84. The fourth-order valence-electron chi connectivity index (χ4n) is 1.63. The highest BCUT2D eigenvalue weighted by molar-refractivity contribution is 5.50. The van der Waals surface area contributed by atoms with Crippen LogP contribution in [-0.2, 0) is 7.05 Å². The van der Waals surface area contributed by atoms with E-state index in [-0.39, 0.29) is 0 Å². The summed E-state index contributed by atoms with van der Waals surface area (Å²) in [4.78, 5) is 4.42. The number of hydrogen-bond acceptors (Lipinski definition) is 1. The average Bonchev–Trinajstić information content (AvgIpc) is 2.20. The van der Waals surface area contributed by atoms with Gasteiger partial charge in [-0.2, -0.15) is 4.57 Å². The molecule has 0 saturated carbocycles. The number of aromatic nitrogens is 2. The van der Waals surface area contributed by atoms with Gasteiger partial charge in [0.2, 0.25) is 5.69 Å². The molecule has 0 aliphatic carbocycles. The van der Waals surface area contributed by atoms with Gasteiger partial charge in [0.15, 0.2) is 6.20 Å². The first-order valence-electron chi connectivity index (χ1n) is 5.06. The van der Waals surface area contributed by atoms with Crippen molar-refractivity contribution in [2.24, 2.45) is 7.05 Å². The summed E-state index contributed by atoms with van der Waals surface area (Å²) in [6.45, 7) is 4.14. The van der Waals surface area contributed by atoms with Crippen LogP contribution in [0, 0.1) is 13.8 Å². The van der Waals surface area contributed by atoms with Crippen LogP contribution in [0.25, 0.3) is 11.4 Å². The SMILES string of the molecule is Cc1ccc(-c2ccc(C)c[n+]2C)nc1. The van der Waals surface area contributed by atoms with Crippen molar-refractivity contribution in [1.29, 1.82) is 0 Å². The van der Waals surface area contributed by atoms with Crippen LogP contribution in [0.4, 0.5) is 0 Å². The molecular weight excluding hydrogens is 184 g/mol. The minimum atomic E-state index is 1.02. The van der Waals surface area contributed by atoms with E-state index >= 15 is 0 Å². The van der Waals surface area contributed by atoms with E-state index < -0.39 is 0 Å². The number of aryl methyl sites for hydroxylation is 3. The summed E-state index contributed by atoms with van der Waals surface area (Å²) in [7, 11) is 2.05. The molecule has 0 N–H and O–H groups in total. The van der Waals surface area contributed by atoms with Gasteiger partial charge in [-0.05, 0) is 31.5 Å². The molecule has 2 nitrogen and oxygen atoms in total. The smallest absolute Gasteiger partial charge is 0.230 e. The molecule has 15 heavy (non-hydrogen) atoms. The zero-order chi connectivity index (χ0) is 10.8. The highest BCUT2D eigenvalue weighted by Crippen LogP contribution is 2.12. The Bertz CT molecular complexity index is 472. The Labute approximate surface area is 90.2 Å². The molecule has 2 heterocycles. The van der Waals surface area contributed by atoms with Gasteiger partial charge in [-0.15, -0.1) is 0 Å². The molecule has 0 aliphatic rings. The molecule has 0 fully saturated rings. The monoisotopic (exact) mass is 199 g/mol. The molecule has 0 atom stereocenters. The van der Waals surface area contributed by atoms with Crippen LogP contribution in [0.5, 0.6) is 0 Å². The van der Waals surface area contributed by atoms with Crippen molar-refractivity contribution >= 4 is 0 Å². The average molecular weight is 199 g/mol. The van der Waals surface area contributed by atoms with E-state index in [1.807, 2.05) is 20.2 Å². The van der Waals surface area contributed by atoms with Crippen molar-refractivity contribution in [3.63, 3.8) is 0 Å². The van der Waals surface area contributed by atoms with Crippen molar-refractivity contribution in [3.8, 4) is 11.4 Å². The van der Waals surface area contributed by atoms with Crippen LogP contribution >= 0.6 is 0 Å². The topological polar surface area (TPSA) is 16.8 Å². The molecule has 2 heteroatoms. The van der Waals surface area contributed by atoms with Crippen LogP contribution in [-0.4, -0.2) is 4.98 Å². The second-order valence-electron chi connectivity index (χ2n) is 3.92. The van der Waals surface area contributed by atoms with Crippen molar-refractivity contribution in [2.75, 3.05) is 0 Å². The number of hydrogen-bond donors (Lipinski definition) is 0. The third-order valence-corrected chi connectivity index (χ3v) is 2.46. The van der Waals surface area contributed by atoms with Crippen molar-refractivity contribution < 1.29 is 4.57 Å². The summed E-state index contributed by atoms with van der Waals surface area (Å²) in [5.41, 5.74) is 4.60. The molecule has 0 bridgehead atoms. The summed E-state index contributed by atoms with van der Waals surface area (Å²) in [5, 5.41) is 0. The zero-order valence-electron chi connectivity index (χ0n) is 9.36. The number of rotatable bonds is 1. The molecule has 76 valence electrons. The molecule has 0 aromatic carbocycles. The van der Waals surface area contributed by atoms with E-state index in [0.29, 0.717) is 0 Å². The van der Waals surface area contributed by atoms with Crippen molar-refractivity contribution in [2.45, 2.75) is 13.8 Å². The van der Waals surface area contributed by atoms with Gasteiger partial charge in [0.25, 0.3) is 0 Å². The molecule has 0 radical (unpaired) electrons. The van der Waals surface area contributed by atoms with Gasteiger partial charge in [-0.1, -0.05) is 6.07 Å². The minimum Gasteiger partial charge on any atom is -0.250 e. The van der Waals surface area contributed by atoms with Gasteiger partial charge in [0.1, 0.15) is 12.7 Å². The molecular formula is C13H15N2+. The van der Waals surface area contributed by atoms with Gasteiger partial charge in [0, 0.05) is 17.8 Å². The van der Waals surface area contributed by atoms with Crippen LogP contribution < -0.4 is 4.57 Å². The Morgan fingerprint density at radius 2 is 1.73 bits per heavy atom. The second-order valence-corrected chi connectivity index (χ2v) is 3.92. The maximum atomic E-state index is 4.42. The van der Waals surface area contributed by atoms with Crippen molar-refractivity contribution in [1.82, 2.24) is 4.98 Å². The molecule has 0 aliphatic heterocycles. The second kappa shape index (κ2) is 3.81. The third kappa shape index (κ3) is 2.04. The fourth-order valence-corrected chi connectivity index (χ4v) is 1.63. The normalized spacial score (nSPS) is 10.3. The standard InChI is InChI=1S/C13H15N2/c1-10-4-6-12(14-8-10)13-7-5-11(2)9-15(13)3/h4-9H,1-3H3/q+1. The summed E-state index contributed by atoms with van der Waals surface area (Å²) < 4.78 is 2.10. The summed E-state index contributed by atoms with van der Waals surface area (Å²) >= 11 is 0. The fraction of sp³-hybridized carbons (Fsp3) is 0.231. The van der Waals surface area contributed by atoms with Gasteiger partial charge in [-0.3, -0.25) is 0 Å². The number of nitrogens with zero attached hydrogens (tertiary/aromatic N) is 2. The van der Waals surface area contributed by atoms with Gasteiger partial charge >= 0.3 is 0 Å². The van der Waals surface area contributed by atoms with Crippen LogP contribution in [0.15, 0.2) is 36.7 Å². The Morgan fingerprint density at radius 3 is 2.33 bits per heavy atom. The lowest BCUT2D eigenvalue weighted by Gasteiger charge is -2.00. The molecule has 0 spiro atoms. The first-order valence-corrected chi connectivity index (χ1v) is 5.06. The lowest BCUT2D eigenvalue weighted by Crippen LogP contribution is -2.31. The highest BCUT2D eigenvalue weighted by Gasteiger charge is 2.09. The molecule has 2 rings (SSSR count). The zero-order valence-corrected chi connectivity index (χ0v) is 9.36. The Hall–Kier alpha value is -1.70. The summed E-state index contributed by atoms with van der Waals surface area (Å²) in [6, 6.07) is 8.35. The molecule has 0 saturated heterocycles. The van der Waals surface area contributed by atoms with Gasteiger partial charge in [0.05, 0.1) is 0 Å². The van der Waals surface area contributed by atoms with Crippen LogP contribution in [0.1, 0.15) is 11.1 Å². The Kier molecular flexibility index (Phi) is 2.50. The van der Waals surface area contributed by atoms with Crippen LogP contribution in [0.2, 0.25) is 0 Å². The van der Waals surface area contributed by atoms with Crippen molar-refractivity contribution in [3.05, 3.63) is 47.8 Å². The molecule has 2 aromatic rings. The summed E-state index contributed by atoms with van der Waals surface area (Å²) in [6.07, 6.45) is 4.01. The van der Waals surface area contributed by atoms with Gasteiger partial charge in [-0.25, -0.2) is 4.98 Å². The van der Waals surface area contributed by atoms with E-state index in [4.69, 9.17) is 0 Å². The highest BCUT2D eigenvalue weighted by atomic mass is 14.9. The van der Waals surface area contributed by atoms with E-state index in [0.717, 1.165) is 11.4 Å². The van der Waals surface area contributed by atoms with Crippen LogP contribution in [0.3, 0.4) is 0 Å². The molecule has 2 aromatic heterocycles. The lowest BCUT2D eigenvalue weighted by atomic mass is 10.2. The summed E-state index contributed by atoms with van der Waals surface area (Å²) in [5.74, 6) is 0. The molecule has 0 amide bonds. The maximum absolute atomic E-state index is 4.42. The Morgan fingerprint density at radius 1 is 1.00 bits per heavy atom. The van der Waals surface area contributed by atoms with E-state index in [2.05, 4.69) is 46.9 Å². The quantitative estimate of drug-likeness (QED) is 0.643. The predicted octanol–water partition coefficient (Wildman–Crippen LogP) is 2.19. The third-order valence-electron chi connectivity index (χ3n) is 2.46. The Balaban J connectivity index is 2.49. The lowest BCUT2D eigenvalue weighted by molar-refractivity contribution is -0.660. The maximum Gasteiger partial charge on any atom is 0.230 e. The minimum absolute atomic E-state index is 1.02. The molecule has 0 unspecified atom stereocenters. The van der Waals surface area contributed by atoms with E-state index in [1.165, 1.54) is 11.1 Å². The van der Waals surface area contributed by atoms with E-state index in [9.17, 15) is 0 Å². The largest absolute Gasteiger partial charge is 0.250 e. The first-order chi connectivity index (χ1) is 7.16. The number of pyridine rings is 2. The van der Waals surface area contributed by atoms with E-state index in [1.54, 1.807) is 0 Å².